The molecule has 0 N–H and O–H groups in total. The Morgan fingerprint density at radius 2 is 1.44 bits per heavy atom. The Bertz CT molecular complexity index is 1320. The molecule has 4 aromatic rings. The van der Waals surface area contributed by atoms with Crippen LogP contribution in [0.2, 0.25) is 0 Å². The molecular formula is C32H32N2O2. The summed E-state index contributed by atoms with van der Waals surface area (Å²) in [7, 11) is 4.13. The van der Waals surface area contributed by atoms with Crippen LogP contribution in [0.4, 0.5) is 5.69 Å². The summed E-state index contributed by atoms with van der Waals surface area (Å²) >= 11 is 0. The second-order valence-electron chi connectivity index (χ2n) is 9.55. The standard InChI is InChI=1S/C32H32N2O2/c1-33(2)28-13-9-12-27(23-28)26-11-8-10-25(22-26)24-18-20-34(21-19-24)32(35)30-16-6-7-17-31(30)36-29-14-4-3-5-15-29/h3-17,22-24H,18-21H2,1-2H3. The molecular weight excluding hydrogens is 444 g/mol. The van der Waals surface area contributed by atoms with Crippen molar-refractivity contribution >= 4 is 11.6 Å². The fourth-order valence-corrected chi connectivity index (χ4v) is 4.87. The van der Waals surface area contributed by atoms with Crippen molar-refractivity contribution in [3.63, 3.8) is 0 Å². The van der Waals surface area contributed by atoms with Crippen molar-refractivity contribution < 1.29 is 9.53 Å². The average Bonchev–Trinajstić information content (AvgIpc) is 2.94. The van der Waals surface area contributed by atoms with E-state index >= 15 is 0 Å². The minimum atomic E-state index is 0.0363. The summed E-state index contributed by atoms with van der Waals surface area (Å²) in [5.41, 5.74) is 5.62. The second-order valence-corrected chi connectivity index (χ2v) is 9.55. The van der Waals surface area contributed by atoms with Crippen molar-refractivity contribution in [3.8, 4) is 22.6 Å². The van der Waals surface area contributed by atoms with E-state index in [1.165, 1.54) is 22.4 Å². The van der Waals surface area contributed by atoms with Gasteiger partial charge in [-0.05, 0) is 71.8 Å². The number of hydrogen-bond donors (Lipinski definition) is 0. The van der Waals surface area contributed by atoms with Crippen molar-refractivity contribution in [2.75, 3.05) is 32.1 Å². The van der Waals surface area contributed by atoms with Crippen molar-refractivity contribution in [2.24, 2.45) is 0 Å². The molecule has 1 fully saturated rings. The first-order chi connectivity index (χ1) is 17.6. The Morgan fingerprint density at radius 1 is 0.778 bits per heavy atom. The number of nitrogens with zero attached hydrogens (tertiary/aromatic N) is 2. The summed E-state index contributed by atoms with van der Waals surface area (Å²) in [5, 5.41) is 0. The second kappa shape index (κ2) is 10.7. The number of likely N-dealkylation sites (tertiary alicyclic amines) is 1. The van der Waals surface area contributed by atoms with Crippen LogP contribution in [0.15, 0.2) is 103 Å². The molecule has 4 heteroatoms. The summed E-state index contributed by atoms with van der Waals surface area (Å²) in [5.74, 6) is 1.81. The maximum Gasteiger partial charge on any atom is 0.257 e. The van der Waals surface area contributed by atoms with Crippen LogP contribution in [0, 0.1) is 0 Å². The molecule has 182 valence electrons. The van der Waals surface area contributed by atoms with Crippen LogP contribution in [0.1, 0.15) is 34.7 Å². The Kier molecular flexibility index (Phi) is 7.03. The topological polar surface area (TPSA) is 32.8 Å². The highest BCUT2D eigenvalue weighted by Crippen LogP contribution is 2.33. The van der Waals surface area contributed by atoms with Gasteiger partial charge in [0.2, 0.25) is 0 Å². The number of hydrogen-bond acceptors (Lipinski definition) is 3. The normalized spacial score (nSPS) is 13.9. The molecule has 1 amide bonds. The lowest BCUT2D eigenvalue weighted by molar-refractivity contribution is 0.0710. The van der Waals surface area contributed by atoms with Gasteiger partial charge in [0.1, 0.15) is 11.5 Å². The van der Waals surface area contributed by atoms with Crippen molar-refractivity contribution in [1.82, 2.24) is 4.90 Å². The summed E-state index contributed by atoms with van der Waals surface area (Å²) in [4.78, 5) is 17.5. The Morgan fingerprint density at radius 3 is 2.19 bits per heavy atom. The van der Waals surface area contributed by atoms with E-state index < -0.39 is 0 Å². The molecule has 5 rings (SSSR count). The number of rotatable bonds is 6. The molecule has 4 nitrogen and oxygen atoms in total. The van der Waals surface area contributed by atoms with Crippen LogP contribution in [0.5, 0.6) is 11.5 Å². The molecule has 0 spiro atoms. The van der Waals surface area contributed by atoms with E-state index in [4.69, 9.17) is 4.74 Å². The minimum absolute atomic E-state index is 0.0363. The number of piperidine rings is 1. The summed E-state index contributed by atoms with van der Waals surface area (Å²) in [6.07, 6.45) is 1.91. The lowest BCUT2D eigenvalue weighted by Crippen LogP contribution is -2.38. The molecule has 4 aromatic carbocycles. The zero-order chi connectivity index (χ0) is 24.9. The number of anilines is 1. The van der Waals surface area contributed by atoms with Crippen LogP contribution >= 0.6 is 0 Å². The lowest BCUT2D eigenvalue weighted by atomic mass is 9.87. The molecule has 0 aliphatic carbocycles. The van der Waals surface area contributed by atoms with Gasteiger partial charge in [0.15, 0.2) is 0 Å². The van der Waals surface area contributed by atoms with Crippen LogP contribution in [0.3, 0.4) is 0 Å². The zero-order valence-electron chi connectivity index (χ0n) is 20.9. The van der Waals surface area contributed by atoms with Gasteiger partial charge in [-0.25, -0.2) is 0 Å². The number of carbonyl (C=O) groups is 1. The number of amides is 1. The van der Waals surface area contributed by atoms with E-state index in [9.17, 15) is 4.79 Å². The van der Waals surface area contributed by atoms with Gasteiger partial charge in [-0.3, -0.25) is 4.79 Å². The van der Waals surface area contributed by atoms with Crippen LogP contribution in [-0.2, 0) is 0 Å². The monoisotopic (exact) mass is 476 g/mol. The zero-order valence-corrected chi connectivity index (χ0v) is 20.9. The van der Waals surface area contributed by atoms with E-state index in [2.05, 4.69) is 67.5 Å². The fraction of sp³-hybridized carbons (Fsp3) is 0.219. The molecule has 0 atom stereocenters. The molecule has 1 saturated heterocycles. The quantitative estimate of drug-likeness (QED) is 0.294. The maximum atomic E-state index is 13.4. The maximum absolute atomic E-state index is 13.4. The number of para-hydroxylation sites is 2. The third-order valence-electron chi connectivity index (χ3n) is 6.92. The van der Waals surface area contributed by atoms with Gasteiger partial charge in [0, 0.05) is 32.9 Å². The molecule has 1 heterocycles. The van der Waals surface area contributed by atoms with Crippen LogP contribution in [0.25, 0.3) is 11.1 Å². The molecule has 0 radical (unpaired) electrons. The minimum Gasteiger partial charge on any atom is -0.457 e. The largest absolute Gasteiger partial charge is 0.457 e. The van der Waals surface area contributed by atoms with Crippen LogP contribution in [-0.4, -0.2) is 38.0 Å². The first kappa shape index (κ1) is 23.7. The van der Waals surface area contributed by atoms with E-state index in [1.54, 1.807) is 0 Å². The summed E-state index contributed by atoms with van der Waals surface area (Å²) in [6.45, 7) is 1.48. The molecule has 0 saturated carbocycles. The molecule has 0 unspecified atom stereocenters. The number of carbonyl (C=O) groups excluding carboxylic acids is 1. The number of benzene rings is 4. The van der Waals surface area contributed by atoms with Crippen molar-refractivity contribution in [2.45, 2.75) is 18.8 Å². The smallest absolute Gasteiger partial charge is 0.257 e. The highest BCUT2D eigenvalue weighted by molar-refractivity contribution is 5.97. The van der Waals surface area contributed by atoms with Gasteiger partial charge in [-0.1, -0.05) is 66.7 Å². The predicted octanol–water partition coefficient (Wildman–Crippen LogP) is 7.23. The molecule has 1 aliphatic rings. The Hall–Kier alpha value is -4.05. The summed E-state index contributed by atoms with van der Waals surface area (Å²) in [6, 6.07) is 34.7. The van der Waals surface area contributed by atoms with Gasteiger partial charge in [-0.15, -0.1) is 0 Å². The molecule has 36 heavy (non-hydrogen) atoms. The average molecular weight is 477 g/mol. The van der Waals surface area contributed by atoms with E-state index in [0.29, 0.717) is 17.2 Å². The Balaban J connectivity index is 1.27. The highest BCUT2D eigenvalue weighted by atomic mass is 16.5. The first-order valence-corrected chi connectivity index (χ1v) is 12.6. The van der Waals surface area contributed by atoms with Gasteiger partial charge >= 0.3 is 0 Å². The molecule has 1 aliphatic heterocycles. The highest BCUT2D eigenvalue weighted by Gasteiger charge is 2.26. The fourth-order valence-electron chi connectivity index (χ4n) is 4.87. The molecule has 0 bridgehead atoms. The summed E-state index contributed by atoms with van der Waals surface area (Å²) < 4.78 is 6.04. The van der Waals surface area contributed by atoms with E-state index in [1.807, 2.05) is 59.5 Å². The van der Waals surface area contributed by atoms with Crippen molar-refractivity contribution in [3.05, 3.63) is 114 Å². The van der Waals surface area contributed by atoms with Crippen molar-refractivity contribution in [1.29, 1.82) is 0 Å². The number of ether oxygens (including phenoxy) is 1. The van der Waals surface area contributed by atoms with E-state index in [-0.39, 0.29) is 5.91 Å². The lowest BCUT2D eigenvalue weighted by Gasteiger charge is -2.32. The van der Waals surface area contributed by atoms with Gasteiger partial charge in [0.05, 0.1) is 5.56 Å². The Labute approximate surface area is 213 Å². The van der Waals surface area contributed by atoms with Gasteiger partial charge < -0.3 is 14.5 Å². The molecule has 0 aromatic heterocycles. The SMILES string of the molecule is CN(C)c1cccc(-c2cccc(C3CCN(C(=O)c4ccccc4Oc4ccccc4)CC3)c2)c1. The van der Waals surface area contributed by atoms with Gasteiger partial charge in [-0.2, -0.15) is 0 Å². The third-order valence-corrected chi connectivity index (χ3v) is 6.92. The predicted molar refractivity (Wildman–Crippen MR) is 147 cm³/mol. The van der Waals surface area contributed by atoms with E-state index in [0.717, 1.165) is 31.7 Å². The van der Waals surface area contributed by atoms with Crippen LogP contribution < -0.4 is 9.64 Å². The third kappa shape index (κ3) is 5.28. The first-order valence-electron chi connectivity index (χ1n) is 12.6. The van der Waals surface area contributed by atoms with Gasteiger partial charge in [0.25, 0.3) is 5.91 Å².